The Kier molecular flexibility index (Phi) is 6.72. The topological polar surface area (TPSA) is 119 Å². The highest BCUT2D eigenvalue weighted by Gasteiger charge is 2.45. The minimum absolute atomic E-state index is 0.0265. The van der Waals surface area contributed by atoms with E-state index >= 15 is 0 Å². The molecule has 3 N–H and O–H groups in total. The average Bonchev–Trinajstić information content (AvgIpc) is 3.17. The molecule has 0 aliphatic heterocycles. The molecular weight excluding hydrogens is 477 g/mol. The number of Topliss-reactive ketones (excluding diaryl/α,β-unsaturated/α-hetero) is 1. The number of halogens is 3. The summed E-state index contributed by atoms with van der Waals surface area (Å²) in [6, 6.07) is 4.16. The lowest BCUT2D eigenvalue weighted by Gasteiger charge is -2.37. The van der Waals surface area contributed by atoms with E-state index in [2.05, 4.69) is 5.10 Å². The van der Waals surface area contributed by atoms with Crippen molar-refractivity contribution in [3.63, 3.8) is 0 Å². The monoisotopic (exact) mass is 506 g/mol. The molecule has 2 aliphatic rings. The predicted octanol–water partition coefficient (Wildman–Crippen LogP) is 3.45. The van der Waals surface area contributed by atoms with E-state index < -0.39 is 40.6 Å². The quantitative estimate of drug-likeness (QED) is 0.580. The van der Waals surface area contributed by atoms with Gasteiger partial charge in [0, 0.05) is 12.5 Å². The summed E-state index contributed by atoms with van der Waals surface area (Å²) in [6.45, 7) is 3.55. The summed E-state index contributed by atoms with van der Waals surface area (Å²) in [7, 11) is 0. The van der Waals surface area contributed by atoms with Crippen molar-refractivity contribution >= 4 is 23.7 Å². The molecule has 1 fully saturated rings. The smallest absolute Gasteiger partial charge is 0.393 e. The minimum atomic E-state index is -4.82. The summed E-state index contributed by atoms with van der Waals surface area (Å²) in [5.74, 6) is -1.37. The third-order valence-electron chi connectivity index (χ3n) is 6.99. The number of hydrogen-bond donors (Lipinski definition) is 2. The summed E-state index contributed by atoms with van der Waals surface area (Å²) in [5.41, 5.74) is 4.18. The van der Waals surface area contributed by atoms with Gasteiger partial charge in [-0.25, -0.2) is 4.68 Å². The molecule has 11 heteroatoms. The Bertz CT molecular complexity index is 1200. The fraction of sp³-hybridized carbons (Fsp3) is 0.520. The Morgan fingerprint density at radius 2 is 1.92 bits per heavy atom. The van der Waals surface area contributed by atoms with Gasteiger partial charge in [-0.1, -0.05) is 13.8 Å². The molecule has 194 valence electrons. The number of anilines is 1. The number of rotatable bonds is 6. The number of carbonyl (C=O) groups excluding carboxylic acids is 3. The van der Waals surface area contributed by atoms with Crippen LogP contribution in [0.3, 0.4) is 0 Å². The molecule has 0 saturated heterocycles. The first-order valence-corrected chi connectivity index (χ1v) is 11.9. The number of amides is 1. The molecule has 36 heavy (non-hydrogen) atoms. The standard InChI is InChI=1S/C25H29F3N4O4/c1-24(2)12-19-21(20(35)13-24)22(25(26,27)28)30-32(19)15-5-8-17(23(29)36)18(11-15)31(9-10-33)14-3-6-16(34)7-4-14/h5,8,10-11,14,16,34H,3-4,6-7,9,12-13H2,1-2H3,(H2,29,36)/t14-,16-. The number of fused-ring (bicyclic) bond motifs is 1. The number of ketones is 1. The number of benzene rings is 1. The number of hydrogen-bond acceptors (Lipinski definition) is 6. The fourth-order valence-corrected chi connectivity index (χ4v) is 5.35. The first-order chi connectivity index (χ1) is 16.8. The largest absolute Gasteiger partial charge is 0.435 e. The van der Waals surface area contributed by atoms with E-state index in [9.17, 15) is 32.7 Å². The third kappa shape index (κ3) is 4.88. The second kappa shape index (κ2) is 9.34. The van der Waals surface area contributed by atoms with Crippen LogP contribution in [0.5, 0.6) is 0 Å². The van der Waals surface area contributed by atoms with Crippen molar-refractivity contribution in [2.45, 2.75) is 70.7 Å². The first kappa shape index (κ1) is 25.9. The highest BCUT2D eigenvalue weighted by molar-refractivity contribution is 6.01. The molecule has 1 saturated carbocycles. The second-order valence-electron chi connectivity index (χ2n) is 10.4. The number of alkyl halides is 3. The highest BCUT2D eigenvalue weighted by Crippen LogP contribution is 2.42. The lowest BCUT2D eigenvalue weighted by atomic mass is 9.75. The molecular formula is C25H29F3N4O4. The SMILES string of the molecule is CC1(C)CC(=O)c2c(C(F)(F)F)nn(-c3ccc(C(N)=O)c(N(CC=O)[C@H]4CC[C@H](O)CC4)c3)c2C1. The lowest BCUT2D eigenvalue weighted by molar-refractivity contribution is -0.141. The van der Waals surface area contributed by atoms with Crippen LogP contribution in [0.15, 0.2) is 18.2 Å². The number of nitrogens with zero attached hydrogens (tertiary/aromatic N) is 3. The Balaban J connectivity index is 1.89. The van der Waals surface area contributed by atoms with Crippen molar-refractivity contribution in [1.82, 2.24) is 9.78 Å². The molecule has 2 aromatic rings. The van der Waals surface area contributed by atoms with Crippen molar-refractivity contribution in [2.24, 2.45) is 11.1 Å². The second-order valence-corrected chi connectivity index (χ2v) is 10.4. The van der Waals surface area contributed by atoms with Crippen molar-refractivity contribution in [3.8, 4) is 5.69 Å². The molecule has 0 bridgehead atoms. The summed E-state index contributed by atoms with van der Waals surface area (Å²) in [5, 5.41) is 13.7. The fourth-order valence-electron chi connectivity index (χ4n) is 5.35. The molecule has 1 heterocycles. The summed E-state index contributed by atoms with van der Waals surface area (Å²) >= 11 is 0. The van der Waals surface area contributed by atoms with E-state index in [0.717, 1.165) is 4.68 Å². The first-order valence-electron chi connectivity index (χ1n) is 11.9. The molecule has 1 aromatic heterocycles. The number of aromatic nitrogens is 2. The van der Waals surface area contributed by atoms with Crippen LogP contribution in [0.4, 0.5) is 18.9 Å². The van der Waals surface area contributed by atoms with Gasteiger partial charge in [0.15, 0.2) is 11.5 Å². The molecule has 0 radical (unpaired) electrons. The van der Waals surface area contributed by atoms with Gasteiger partial charge in [-0.3, -0.25) is 9.59 Å². The predicted molar refractivity (Wildman–Crippen MR) is 125 cm³/mol. The number of primary amides is 1. The van der Waals surface area contributed by atoms with Crippen molar-refractivity contribution in [1.29, 1.82) is 0 Å². The van der Waals surface area contributed by atoms with Crippen LogP contribution in [-0.4, -0.2) is 51.6 Å². The molecule has 0 unspecified atom stereocenters. The van der Waals surface area contributed by atoms with Gasteiger partial charge in [-0.15, -0.1) is 0 Å². The maximum absolute atomic E-state index is 13.9. The maximum Gasteiger partial charge on any atom is 0.435 e. The minimum Gasteiger partial charge on any atom is -0.393 e. The number of aldehydes is 1. The van der Waals surface area contributed by atoms with Gasteiger partial charge in [0.25, 0.3) is 5.91 Å². The van der Waals surface area contributed by atoms with Crippen LogP contribution in [-0.2, 0) is 17.4 Å². The van der Waals surface area contributed by atoms with Gasteiger partial charge in [0.1, 0.15) is 6.29 Å². The number of nitrogens with two attached hydrogens (primary N) is 1. The van der Waals surface area contributed by atoms with Gasteiger partial charge in [0.2, 0.25) is 0 Å². The zero-order chi connectivity index (χ0) is 26.4. The van der Waals surface area contributed by atoms with E-state index in [0.29, 0.717) is 37.7 Å². The van der Waals surface area contributed by atoms with Crippen LogP contribution in [0.1, 0.15) is 78.1 Å². The number of aliphatic hydroxyl groups excluding tert-OH is 1. The lowest BCUT2D eigenvalue weighted by Crippen LogP contribution is -2.41. The van der Waals surface area contributed by atoms with Crippen LogP contribution in [0.25, 0.3) is 5.69 Å². The van der Waals surface area contributed by atoms with E-state index in [1.807, 2.05) is 13.8 Å². The molecule has 1 aromatic carbocycles. The van der Waals surface area contributed by atoms with Gasteiger partial charge < -0.3 is 20.5 Å². The van der Waals surface area contributed by atoms with Gasteiger partial charge in [-0.05, 0) is 55.7 Å². The molecule has 0 atom stereocenters. The molecule has 0 spiro atoms. The number of carbonyl (C=O) groups is 3. The Morgan fingerprint density at radius 1 is 1.25 bits per heavy atom. The van der Waals surface area contributed by atoms with E-state index in [1.54, 1.807) is 4.90 Å². The Labute approximate surface area is 206 Å². The summed E-state index contributed by atoms with van der Waals surface area (Å²) < 4.78 is 42.7. The van der Waals surface area contributed by atoms with E-state index in [1.165, 1.54) is 18.2 Å². The third-order valence-corrected chi connectivity index (χ3v) is 6.99. The van der Waals surface area contributed by atoms with Crippen LogP contribution < -0.4 is 10.6 Å². The molecule has 4 rings (SSSR count). The number of aliphatic hydroxyl groups is 1. The summed E-state index contributed by atoms with van der Waals surface area (Å²) in [6.07, 6.45) is -2.25. The van der Waals surface area contributed by atoms with Gasteiger partial charge >= 0.3 is 6.18 Å². The molecule has 1 amide bonds. The average molecular weight is 507 g/mol. The Hall–Kier alpha value is -3.21. The van der Waals surface area contributed by atoms with Gasteiger partial charge in [-0.2, -0.15) is 18.3 Å². The van der Waals surface area contributed by atoms with Crippen molar-refractivity contribution < 1.29 is 32.7 Å². The van der Waals surface area contributed by atoms with Crippen LogP contribution >= 0.6 is 0 Å². The van der Waals surface area contributed by atoms with Crippen LogP contribution in [0, 0.1) is 5.41 Å². The van der Waals surface area contributed by atoms with E-state index in [4.69, 9.17) is 5.73 Å². The zero-order valence-corrected chi connectivity index (χ0v) is 20.1. The normalized spacial score (nSPS) is 21.7. The zero-order valence-electron chi connectivity index (χ0n) is 20.1. The maximum atomic E-state index is 13.9. The van der Waals surface area contributed by atoms with Crippen LogP contribution in [0.2, 0.25) is 0 Å². The summed E-state index contributed by atoms with van der Waals surface area (Å²) in [4.78, 5) is 38.3. The van der Waals surface area contributed by atoms with Gasteiger partial charge in [0.05, 0.1) is 40.8 Å². The van der Waals surface area contributed by atoms with Crippen molar-refractivity contribution in [3.05, 3.63) is 40.7 Å². The Morgan fingerprint density at radius 3 is 2.50 bits per heavy atom. The highest BCUT2D eigenvalue weighted by atomic mass is 19.4. The van der Waals surface area contributed by atoms with Crippen molar-refractivity contribution in [2.75, 3.05) is 11.4 Å². The van der Waals surface area contributed by atoms with E-state index in [-0.39, 0.29) is 42.4 Å². The molecule has 2 aliphatic carbocycles. The molecule has 8 nitrogen and oxygen atoms in total.